The second-order valence-corrected chi connectivity index (χ2v) is 5.74. The van der Waals surface area contributed by atoms with E-state index in [0.29, 0.717) is 6.61 Å². The molecule has 0 saturated carbocycles. The second kappa shape index (κ2) is 8.37. The summed E-state index contributed by atoms with van der Waals surface area (Å²) < 4.78 is 10.4. The summed E-state index contributed by atoms with van der Waals surface area (Å²) in [5, 5.41) is 4.10. The number of hydrogen-bond acceptors (Lipinski definition) is 4. The highest BCUT2D eigenvalue weighted by Crippen LogP contribution is 2.28. The Bertz CT molecular complexity index is 517. The maximum absolute atomic E-state index is 6.08. The van der Waals surface area contributed by atoms with Crippen molar-refractivity contribution in [2.45, 2.75) is 17.2 Å². The summed E-state index contributed by atoms with van der Waals surface area (Å²) in [6.07, 6.45) is 1.70. The molecule has 1 heterocycles. The van der Waals surface area contributed by atoms with Crippen LogP contribution in [0.25, 0.3) is 0 Å². The van der Waals surface area contributed by atoms with Crippen molar-refractivity contribution in [3.8, 4) is 0 Å². The standard InChI is InChI=1S/C15H18ClNO2S/c1-18-8-6-17-10-12-9-13(16)4-5-15(12)20-11-14-3-2-7-19-14/h2-5,7,9,17H,6,8,10-11H2,1H3. The molecule has 108 valence electrons. The smallest absolute Gasteiger partial charge is 0.113 e. The van der Waals surface area contributed by atoms with Gasteiger partial charge in [-0.05, 0) is 35.9 Å². The first-order valence-corrected chi connectivity index (χ1v) is 7.79. The van der Waals surface area contributed by atoms with E-state index in [4.69, 9.17) is 20.8 Å². The zero-order valence-electron chi connectivity index (χ0n) is 11.4. The van der Waals surface area contributed by atoms with Gasteiger partial charge in [-0.1, -0.05) is 11.6 Å². The van der Waals surface area contributed by atoms with Gasteiger partial charge in [-0.2, -0.15) is 0 Å². The van der Waals surface area contributed by atoms with Crippen LogP contribution in [0.2, 0.25) is 5.02 Å². The first kappa shape index (κ1) is 15.4. The molecule has 0 spiro atoms. The molecule has 0 aliphatic heterocycles. The van der Waals surface area contributed by atoms with E-state index in [0.717, 1.165) is 29.6 Å². The lowest BCUT2D eigenvalue weighted by atomic mass is 10.2. The number of methoxy groups -OCH3 is 1. The molecule has 0 aliphatic carbocycles. The molecule has 0 fully saturated rings. The molecule has 0 atom stereocenters. The van der Waals surface area contributed by atoms with E-state index < -0.39 is 0 Å². The van der Waals surface area contributed by atoms with Gasteiger partial charge >= 0.3 is 0 Å². The largest absolute Gasteiger partial charge is 0.468 e. The van der Waals surface area contributed by atoms with Crippen molar-refractivity contribution < 1.29 is 9.15 Å². The van der Waals surface area contributed by atoms with Crippen LogP contribution in [0.15, 0.2) is 45.9 Å². The summed E-state index contributed by atoms with van der Waals surface area (Å²) in [7, 11) is 1.70. The van der Waals surface area contributed by atoms with Crippen LogP contribution in [-0.4, -0.2) is 20.3 Å². The van der Waals surface area contributed by atoms with Crippen LogP contribution in [-0.2, 0) is 17.0 Å². The Labute approximate surface area is 128 Å². The van der Waals surface area contributed by atoms with Crippen LogP contribution < -0.4 is 5.32 Å². The van der Waals surface area contributed by atoms with Crippen molar-refractivity contribution in [3.05, 3.63) is 52.9 Å². The third-order valence-electron chi connectivity index (χ3n) is 2.77. The van der Waals surface area contributed by atoms with Gasteiger partial charge < -0.3 is 14.5 Å². The van der Waals surface area contributed by atoms with Crippen LogP contribution in [0, 0.1) is 0 Å². The summed E-state index contributed by atoms with van der Waals surface area (Å²) in [5.74, 6) is 1.79. The monoisotopic (exact) mass is 311 g/mol. The highest BCUT2D eigenvalue weighted by atomic mass is 35.5. The molecule has 1 N–H and O–H groups in total. The molecular weight excluding hydrogens is 294 g/mol. The lowest BCUT2D eigenvalue weighted by Gasteiger charge is -2.10. The molecule has 2 aromatic rings. The van der Waals surface area contributed by atoms with Crippen LogP contribution in [0.1, 0.15) is 11.3 Å². The summed E-state index contributed by atoms with van der Waals surface area (Å²) in [5.41, 5.74) is 1.20. The Morgan fingerprint density at radius 2 is 2.25 bits per heavy atom. The highest BCUT2D eigenvalue weighted by Gasteiger charge is 2.06. The van der Waals surface area contributed by atoms with E-state index in [-0.39, 0.29) is 0 Å². The Balaban J connectivity index is 1.95. The van der Waals surface area contributed by atoms with Crippen molar-refractivity contribution in [2.24, 2.45) is 0 Å². The molecule has 3 nitrogen and oxygen atoms in total. The van der Waals surface area contributed by atoms with Gasteiger partial charge in [-0.25, -0.2) is 0 Å². The van der Waals surface area contributed by atoms with Crippen LogP contribution in [0.5, 0.6) is 0 Å². The van der Waals surface area contributed by atoms with Crippen molar-refractivity contribution >= 4 is 23.4 Å². The molecule has 0 saturated heterocycles. The maximum atomic E-state index is 6.08. The highest BCUT2D eigenvalue weighted by molar-refractivity contribution is 7.98. The predicted molar refractivity (Wildman–Crippen MR) is 83.3 cm³/mol. The number of nitrogens with one attached hydrogen (secondary N) is 1. The van der Waals surface area contributed by atoms with Crippen molar-refractivity contribution in [2.75, 3.05) is 20.3 Å². The Morgan fingerprint density at radius 1 is 1.35 bits per heavy atom. The first-order valence-electron chi connectivity index (χ1n) is 6.43. The minimum Gasteiger partial charge on any atom is -0.468 e. The van der Waals surface area contributed by atoms with Gasteiger partial charge in [0, 0.05) is 30.1 Å². The second-order valence-electron chi connectivity index (χ2n) is 4.29. The topological polar surface area (TPSA) is 34.4 Å². The molecule has 2 rings (SSSR count). The molecule has 0 bridgehead atoms. The lowest BCUT2D eigenvalue weighted by molar-refractivity contribution is 0.199. The first-order chi connectivity index (χ1) is 9.79. The average molecular weight is 312 g/mol. The van der Waals surface area contributed by atoms with Crippen LogP contribution in [0.3, 0.4) is 0 Å². The SMILES string of the molecule is COCCNCc1cc(Cl)ccc1SCc1ccco1. The van der Waals surface area contributed by atoms with Gasteiger partial charge in [-0.15, -0.1) is 11.8 Å². The van der Waals surface area contributed by atoms with Gasteiger partial charge in [0.1, 0.15) is 5.76 Å². The van der Waals surface area contributed by atoms with Gasteiger partial charge in [0.25, 0.3) is 0 Å². The van der Waals surface area contributed by atoms with Gasteiger partial charge in [0.15, 0.2) is 0 Å². The van der Waals surface area contributed by atoms with Gasteiger partial charge in [-0.3, -0.25) is 0 Å². The Kier molecular flexibility index (Phi) is 6.47. The zero-order valence-corrected chi connectivity index (χ0v) is 13.0. The molecule has 1 aromatic heterocycles. The summed E-state index contributed by atoms with van der Waals surface area (Å²) in [4.78, 5) is 1.22. The minimum atomic E-state index is 0.704. The summed E-state index contributed by atoms with van der Waals surface area (Å²) in [6, 6.07) is 9.88. The van der Waals surface area contributed by atoms with E-state index in [9.17, 15) is 0 Å². The van der Waals surface area contributed by atoms with Crippen molar-refractivity contribution in [3.63, 3.8) is 0 Å². The molecule has 0 radical (unpaired) electrons. The number of benzene rings is 1. The summed E-state index contributed by atoms with van der Waals surface area (Å²) in [6.45, 7) is 2.31. The fourth-order valence-electron chi connectivity index (χ4n) is 1.77. The Morgan fingerprint density at radius 3 is 3.00 bits per heavy atom. The van der Waals surface area contributed by atoms with E-state index in [1.54, 1.807) is 25.1 Å². The van der Waals surface area contributed by atoms with E-state index >= 15 is 0 Å². The number of rotatable bonds is 8. The number of hydrogen-bond donors (Lipinski definition) is 1. The number of ether oxygens (including phenoxy) is 1. The minimum absolute atomic E-state index is 0.704. The number of thioether (sulfide) groups is 1. The lowest BCUT2D eigenvalue weighted by Crippen LogP contribution is -2.18. The number of furan rings is 1. The molecule has 0 aliphatic rings. The molecule has 20 heavy (non-hydrogen) atoms. The third-order valence-corrected chi connectivity index (χ3v) is 4.14. The molecule has 0 amide bonds. The average Bonchev–Trinajstić information content (AvgIpc) is 2.96. The zero-order chi connectivity index (χ0) is 14.2. The predicted octanol–water partition coefficient (Wildman–Crippen LogP) is 3.96. The number of halogens is 1. The fraction of sp³-hybridized carbons (Fsp3) is 0.333. The maximum Gasteiger partial charge on any atom is 0.113 e. The normalized spacial score (nSPS) is 10.9. The van der Waals surface area contributed by atoms with Crippen LogP contribution >= 0.6 is 23.4 Å². The quantitative estimate of drug-likeness (QED) is 0.591. The van der Waals surface area contributed by atoms with E-state index in [2.05, 4.69) is 11.4 Å². The van der Waals surface area contributed by atoms with Gasteiger partial charge in [0.2, 0.25) is 0 Å². The Hall–Kier alpha value is -0.940. The molecule has 1 aromatic carbocycles. The van der Waals surface area contributed by atoms with Crippen LogP contribution in [0.4, 0.5) is 0 Å². The van der Waals surface area contributed by atoms with Crippen molar-refractivity contribution in [1.82, 2.24) is 5.32 Å². The van der Waals surface area contributed by atoms with Crippen molar-refractivity contribution in [1.29, 1.82) is 0 Å². The molecular formula is C15H18ClNO2S. The van der Waals surface area contributed by atoms with E-state index in [1.807, 2.05) is 24.3 Å². The molecule has 0 unspecified atom stereocenters. The third kappa shape index (κ3) is 4.87. The van der Waals surface area contributed by atoms with Gasteiger partial charge in [0.05, 0.1) is 18.6 Å². The fourth-order valence-corrected chi connectivity index (χ4v) is 2.91. The summed E-state index contributed by atoms with van der Waals surface area (Å²) >= 11 is 7.83. The van der Waals surface area contributed by atoms with E-state index in [1.165, 1.54) is 10.5 Å². The molecule has 5 heteroatoms.